The lowest BCUT2D eigenvalue weighted by molar-refractivity contribution is 0.231. The highest BCUT2D eigenvalue weighted by molar-refractivity contribution is 7.92. The van der Waals surface area contributed by atoms with Crippen molar-refractivity contribution in [1.82, 2.24) is 10.2 Å². The molecule has 0 bridgehead atoms. The van der Waals surface area contributed by atoms with Crippen molar-refractivity contribution < 1.29 is 8.42 Å². The molecule has 1 aromatic rings. The molecule has 0 aromatic heterocycles. The number of nitrogens with zero attached hydrogens (tertiary/aromatic N) is 1. The molecule has 20 heavy (non-hydrogen) atoms. The lowest BCUT2D eigenvalue weighted by atomic mass is 10.00. The minimum absolute atomic E-state index is 0.147. The van der Waals surface area contributed by atoms with Gasteiger partial charge >= 0.3 is 0 Å². The molecule has 1 N–H and O–H groups in total. The van der Waals surface area contributed by atoms with Gasteiger partial charge in [-0.25, -0.2) is 8.42 Å². The van der Waals surface area contributed by atoms with Gasteiger partial charge in [-0.05, 0) is 24.5 Å². The molecule has 0 radical (unpaired) electrons. The molecule has 5 heteroatoms. The molecule has 0 amide bonds. The average molecular weight is 294 g/mol. The van der Waals surface area contributed by atoms with Crippen LogP contribution >= 0.6 is 0 Å². The second-order valence-corrected chi connectivity index (χ2v) is 7.93. The van der Waals surface area contributed by atoms with Crippen LogP contribution in [0.15, 0.2) is 29.2 Å². The lowest BCUT2D eigenvalue weighted by Crippen LogP contribution is -2.43. The third-order valence-corrected chi connectivity index (χ3v) is 6.73. The van der Waals surface area contributed by atoms with Crippen molar-refractivity contribution in [2.24, 2.45) is 0 Å². The molecule has 0 atom stereocenters. The highest BCUT2D eigenvalue weighted by atomic mass is 32.2. The Bertz CT molecular complexity index is 561. The molecule has 2 fully saturated rings. The van der Waals surface area contributed by atoms with Gasteiger partial charge in [-0.2, -0.15) is 0 Å². The van der Waals surface area contributed by atoms with Crippen molar-refractivity contribution in [2.45, 2.75) is 36.0 Å². The number of hydrogen-bond acceptors (Lipinski definition) is 4. The highest BCUT2D eigenvalue weighted by Crippen LogP contribution is 2.32. The predicted molar refractivity (Wildman–Crippen MR) is 79.4 cm³/mol. The predicted octanol–water partition coefficient (Wildman–Crippen LogP) is 1.42. The van der Waals surface area contributed by atoms with E-state index in [4.69, 9.17) is 0 Å². The molecule has 1 aromatic carbocycles. The van der Waals surface area contributed by atoms with Crippen LogP contribution in [0.1, 0.15) is 24.8 Å². The molecular formula is C15H22N2O2S. The summed E-state index contributed by atoms with van der Waals surface area (Å²) in [6.45, 7) is 4.68. The van der Waals surface area contributed by atoms with Gasteiger partial charge in [0, 0.05) is 32.7 Å². The Balaban J connectivity index is 1.84. The first-order valence-corrected chi connectivity index (χ1v) is 8.97. The van der Waals surface area contributed by atoms with E-state index in [0.29, 0.717) is 4.90 Å². The van der Waals surface area contributed by atoms with E-state index in [1.165, 1.54) is 0 Å². The Morgan fingerprint density at radius 2 is 1.85 bits per heavy atom. The van der Waals surface area contributed by atoms with Crippen molar-refractivity contribution >= 4 is 9.84 Å². The summed E-state index contributed by atoms with van der Waals surface area (Å²) >= 11 is 0. The van der Waals surface area contributed by atoms with Gasteiger partial charge in [0.1, 0.15) is 0 Å². The van der Waals surface area contributed by atoms with Gasteiger partial charge in [0.15, 0.2) is 9.84 Å². The first kappa shape index (κ1) is 14.0. The van der Waals surface area contributed by atoms with E-state index in [9.17, 15) is 8.42 Å². The second kappa shape index (κ2) is 5.84. The molecule has 1 aliphatic carbocycles. The number of rotatable bonds is 4. The third-order valence-electron chi connectivity index (χ3n) is 4.37. The van der Waals surface area contributed by atoms with Gasteiger partial charge in [-0.1, -0.05) is 24.6 Å². The summed E-state index contributed by atoms with van der Waals surface area (Å²) < 4.78 is 25.3. The largest absolute Gasteiger partial charge is 0.314 e. The fourth-order valence-electron chi connectivity index (χ4n) is 2.88. The van der Waals surface area contributed by atoms with E-state index in [1.807, 2.05) is 18.2 Å². The van der Waals surface area contributed by atoms with Crippen LogP contribution in [0.4, 0.5) is 0 Å². The smallest absolute Gasteiger partial charge is 0.181 e. The number of piperazine rings is 1. The molecule has 1 saturated carbocycles. The minimum atomic E-state index is -3.13. The van der Waals surface area contributed by atoms with E-state index >= 15 is 0 Å². The van der Waals surface area contributed by atoms with Crippen molar-refractivity contribution in [3.8, 4) is 0 Å². The third kappa shape index (κ3) is 2.75. The van der Waals surface area contributed by atoms with Gasteiger partial charge in [-0.15, -0.1) is 0 Å². The van der Waals surface area contributed by atoms with Crippen LogP contribution in [0.2, 0.25) is 0 Å². The monoisotopic (exact) mass is 294 g/mol. The van der Waals surface area contributed by atoms with Gasteiger partial charge in [0.25, 0.3) is 0 Å². The van der Waals surface area contributed by atoms with E-state index in [-0.39, 0.29) is 5.25 Å². The molecule has 1 heterocycles. The topological polar surface area (TPSA) is 49.4 Å². The van der Waals surface area contributed by atoms with E-state index in [1.54, 1.807) is 6.07 Å². The molecule has 0 unspecified atom stereocenters. The van der Waals surface area contributed by atoms with Crippen molar-refractivity contribution in [3.05, 3.63) is 29.8 Å². The Labute approximate surface area is 121 Å². The van der Waals surface area contributed by atoms with Gasteiger partial charge in [-0.3, -0.25) is 4.90 Å². The zero-order chi connectivity index (χ0) is 14.0. The Morgan fingerprint density at radius 1 is 1.15 bits per heavy atom. The molecule has 0 spiro atoms. The van der Waals surface area contributed by atoms with Crippen LogP contribution in [-0.4, -0.2) is 44.7 Å². The summed E-state index contributed by atoms with van der Waals surface area (Å²) in [5, 5.41) is 3.18. The molecule has 1 saturated heterocycles. The number of nitrogens with one attached hydrogen (secondary N) is 1. The highest BCUT2D eigenvalue weighted by Gasteiger charge is 2.34. The number of hydrogen-bond donors (Lipinski definition) is 1. The maximum Gasteiger partial charge on any atom is 0.181 e. The normalized spacial score (nSPS) is 21.6. The zero-order valence-corrected chi connectivity index (χ0v) is 12.5. The number of sulfone groups is 1. The summed E-state index contributed by atoms with van der Waals surface area (Å²) in [5.41, 5.74) is 0.960. The van der Waals surface area contributed by atoms with Crippen LogP contribution in [0.25, 0.3) is 0 Å². The molecule has 3 rings (SSSR count). The average Bonchev–Trinajstić information content (AvgIpc) is 2.38. The van der Waals surface area contributed by atoms with Crippen LogP contribution in [0, 0.1) is 0 Å². The van der Waals surface area contributed by atoms with Gasteiger partial charge < -0.3 is 5.32 Å². The first-order valence-electron chi connectivity index (χ1n) is 7.43. The second-order valence-electron chi connectivity index (χ2n) is 5.73. The van der Waals surface area contributed by atoms with E-state index < -0.39 is 9.84 Å². The Kier molecular flexibility index (Phi) is 4.10. The summed E-state index contributed by atoms with van der Waals surface area (Å²) in [4.78, 5) is 2.88. The number of benzene rings is 1. The van der Waals surface area contributed by atoms with Crippen LogP contribution in [-0.2, 0) is 16.4 Å². The molecule has 4 nitrogen and oxygen atoms in total. The summed E-state index contributed by atoms with van der Waals surface area (Å²) in [6, 6.07) is 7.53. The SMILES string of the molecule is O=S(=O)(c1ccccc1CN1CCNCC1)C1CCC1. The van der Waals surface area contributed by atoms with E-state index in [2.05, 4.69) is 10.2 Å². The molecular weight excluding hydrogens is 272 g/mol. The standard InChI is InChI=1S/C15H22N2O2S/c18-20(19,14-5-3-6-14)15-7-2-1-4-13(15)12-17-10-8-16-9-11-17/h1-2,4,7,14,16H,3,5-6,8-12H2. The van der Waals surface area contributed by atoms with Crippen molar-refractivity contribution in [3.63, 3.8) is 0 Å². The lowest BCUT2D eigenvalue weighted by Gasteiger charge is -2.29. The maximum atomic E-state index is 12.6. The maximum absolute atomic E-state index is 12.6. The summed E-state index contributed by atoms with van der Waals surface area (Å²) in [7, 11) is -3.13. The zero-order valence-electron chi connectivity index (χ0n) is 11.7. The van der Waals surface area contributed by atoms with E-state index in [0.717, 1.165) is 57.5 Å². The fraction of sp³-hybridized carbons (Fsp3) is 0.600. The van der Waals surface area contributed by atoms with Crippen LogP contribution < -0.4 is 5.32 Å². The van der Waals surface area contributed by atoms with Gasteiger partial charge in [0.2, 0.25) is 0 Å². The molecule has 2 aliphatic rings. The summed E-state index contributed by atoms with van der Waals surface area (Å²) in [6.07, 6.45) is 2.69. The Hall–Kier alpha value is -0.910. The Morgan fingerprint density at radius 3 is 2.50 bits per heavy atom. The molecule has 110 valence electrons. The summed E-state index contributed by atoms with van der Waals surface area (Å²) in [5.74, 6) is 0. The first-order chi connectivity index (χ1) is 9.68. The fourth-order valence-corrected chi connectivity index (χ4v) is 4.96. The van der Waals surface area contributed by atoms with Crippen LogP contribution in [0.3, 0.4) is 0 Å². The van der Waals surface area contributed by atoms with Crippen molar-refractivity contribution in [1.29, 1.82) is 0 Å². The van der Waals surface area contributed by atoms with Crippen molar-refractivity contribution in [2.75, 3.05) is 26.2 Å². The van der Waals surface area contributed by atoms with Gasteiger partial charge in [0.05, 0.1) is 10.1 Å². The molecule has 1 aliphatic heterocycles. The van der Waals surface area contributed by atoms with Crippen LogP contribution in [0.5, 0.6) is 0 Å². The minimum Gasteiger partial charge on any atom is -0.314 e. The quantitative estimate of drug-likeness (QED) is 0.912.